The molecule has 1 fully saturated rings. The predicted octanol–water partition coefficient (Wildman–Crippen LogP) is 4.33. The second-order valence-electron chi connectivity index (χ2n) is 10.00. The van der Waals surface area contributed by atoms with E-state index < -0.39 is 0 Å². The lowest BCUT2D eigenvalue weighted by Gasteiger charge is -2.45. The van der Waals surface area contributed by atoms with E-state index in [2.05, 4.69) is 50.4 Å². The number of hydrogen-bond donors (Lipinski definition) is 1. The summed E-state index contributed by atoms with van der Waals surface area (Å²) in [6.45, 7) is 4.98. The molecule has 1 aromatic carbocycles. The van der Waals surface area contributed by atoms with Crippen molar-refractivity contribution < 1.29 is 9.53 Å². The van der Waals surface area contributed by atoms with Crippen LogP contribution in [-0.4, -0.2) is 63.7 Å². The number of carbonyl (C=O) groups is 1. The number of pyridine rings is 1. The Balaban J connectivity index is 1.33. The molecule has 0 atom stereocenters. The van der Waals surface area contributed by atoms with Gasteiger partial charge in [-0.05, 0) is 66.8 Å². The van der Waals surface area contributed by atoms with Crippen LogP contribution in [0.3, 0.4) is 0 Å². The molecule has 2 aliphatic rings. The second kappa shape index (κ2) is 11.0. The first-order chi connectivity index (χ1) is 17.2. The van der Waals surface area contributed by atoms with Gasteiger partial charge in [0.05, 0.1) is 0 Å². The van der Waals surface area contributed by atoms with Crippen molar-refractivity contribution in [2.24, 2.45) is 5.41 Å². The third kappa shape index (κ3) is 5.90. The molecule has 0 saturated carbocycles. The molecule has 0 unspecified atom stereocenters. The minimum atomic E-state index is 0.0581. The van der Waals surface area contributed by atoms with Crippen molar-refractivity contribution in [1.82, 2.24) is 25.0 Å². The van der Waals surface area contributed by atoms with Gasteiger partial charge in [0, 0.05) is 51.3 Å². The van der Waals surface area contributed by atoms with Gasteiger partial charge in [0.1, 0.15) is 18.1 Å². The van der Waals surface area contributed by atoms with E-state index in [1.54, 1.807) is 12.3 Å². The number of hydrogen-bond acceptors (Lipinski definition) is 5. The third-order valence-electron chi connectivity index (χ3n) is 7.57. The normalized spacial score (nSPS) is 19.3. The van der Waals surface area contributed by atoms with Gasteiger partial charge in [-0.3, -0.25) is 19.8 Å². The summed E-state index contributed by atoms with van der Waals surface area (Å²) in [5.74, 6) is 1.08. The number of aromatic amines is 1. The van der Waals surface area contributed by atoms with Crippen LogP contribution in [0.2, 0.25) is 0 Å². The number of amides is 1. The van der Waals surface area contributed by atoms with Crippen LogP contribution in [0.1, 0.15) is 53.7 Å². The Labute approximate surface area is 207 Å². The number of nitrogens with one attached hydrogen (secondary N) is 1. The molecule has 184 valence electrons. The molecule has 0 bridgehead atoms. The van der Waals surface area contributed by atoms with Gasteiger partial charge >= 0.3 is 0 Å². The van der Waals surface area contributed by atoms with E-state index in [1.165, 1.54) is 24.0 Å². The summed E-state index contributed by atoms with van der Waals surface area (Å²) in [5, 5.41) is 6.77. The zero-order valence-electron chi connectivity index (χ0n) is 20.4. The Kier molecular flexibility index (Phi) is 7.42. The number of carbonyl (C=O) groups excluding carboxylic acids is 1. The quantitative estimate of drug-likeness (QED) is 0.613. The number of H-pyrrole nitrogens is 1. The van der Waals surface area contributed by atoms with Crippen molar-refractivity contribution in [2.75, 3.05) is 32.8 Å². The molecular formula is C28H35N5O2. The van der Waals surface area contributed by atoms with Gasteiger partial charge in [-0.2, -0.15) is 5.10 Å². The summed E-state index contributed by atoms with van der Waals surface area (Å²) >= 11 is 0. The summed E-state index contributed by atoms with van der Waals surface area (Å²) in [7, 11) is 0. The van der Waals surface area contributed by atoms with Crippen molar-refractivity contribution in [3.05, 3.63) is 77.9 Å². The number of rotatable bonds is 3. The van der Waals surface area contributed by atoms with Crippen LogP contribution in [0.25, 0.3) is 0 Å². The van der Waals surface area contributed by atoms with Crippen molar-refractivity contribution in [3.8, 4) is 5.75 Å². The lowest BCUT2D eigenvalue weighted by molar-refractivity contribution is 0.0357. The molecule has 3 aromatic rings. The van der Waals surface area contributed by atoms with E-state index in [0.29, 0.717) is 12.3 Å². The maximum Gasteiger partial charge on any atom is 0.271 e. The first-order valence-electron chi connectivity index (χ1n) is 12.8. The molecule has 2 aliphatic heterocycles. The maximum absolute atomic E-state index is 12.9. The zero-order chi connectivity index (χ0) is 23.9. The van der Waals surface area contributed by atoms with E-state index in [-0.39, 0.29) is 11.3 Å². The number of nitrogens with zero attached hydrogens (tertiary/aromatic N) is 4. The molecule has 1 N–H and O–H groups in total. The molecule has 1 saturated heterocycles. The highest BCUT2D eigenvalue weighted by atomic mass is 16.5. The molecule has 7 heteroatoms. The summed E-state index contributed by atoms with van der Waals surface area (Å²) in [6, 6.07) is 14.4. The van der Waals surface area contributed by atoms with Crippen LogP contribution >= 0.6 is 0 Å². The van der Waals surface area contributed by atoms with Crippen LogP contribution in [0.5, 0.6) is 5.75 Å². The Morgan fingerprint density at radius 2 is 1.89 bits per heavy atom. The highest BCUT2D eigenvalue weighted by molar-refractivity contribution is 5.92. The number of aromatic nitrogens is 3. The number of benzene rings is 1. The number of fused-ring (bicyclic) bond motifs is 1. The number of likely N-dealkylation sites (tertiary alicyclic amines) is 1. The second-order valence-corrected chi connectivity index (χ2v) is 10.00. The molecule has 4 heterocycles. The van der Waals surface area contributed by atoms with Crippen LogP contribution < -0.4 is 4.74 Å². The topological polar surface area (TPSA) is 74.3 Å². The van der Waals surface area contributed by atoms with Crippen molar-refractivity contribution in [1.29, 1.82) is 0 Å². The van der Waals surface area contributed by atoms with Gasteiger partial charge in [-0.1, -0.05) is 30.7 Å². The Bertz CT molecular complexity index is 1080. The van der Waals surface area contributed by atoms with Crippen LogP contribution in [0.15, 0.2) is 61.1 Å². The Morgan fingerprint density at radius 1 is 1.00 bits per heavy atom. The fraction of sp³-hybridized carbons (Fsp3) is 0.464. The molecule has 1 amide bonds. The van der Waals surface area contributed by atoms with Gasteiger partial charge in [-0.25, -0.2) is 0 Å². The summed E-state index contributed by atoms with van der Waals surface area (Å²) < 4.78 is 6.27. The summed E-state index contributed by atoms with van der Waals surface area (Å²) in [5.41, 5.74) is 3.31. The first kappa shape index (κ1) is 23.5. The minimum Gasteiger partial charge on any atom is -0.492 e. The molecule has 35 heavy (non-hydrogen) atoms. The van der Waals surface area contributed by atoms with Gasteiger partial charge < -0.3 is 9.64 Å². The predicted molar refractivity (Wildman–Crippen MR) is 135 cm³/mol. The largest absolute Gasteiger partial charge is 0.492 e. The average molecular weight is 474 g/mol. The van der Waals surface area contributed by atoms with Crippen molar-refractivity contribution in [3.63, 3.8) is 0 Å². The average Bonchev–Trinajstić information content (AvgIpc) is 3.43. The highest BCUT2D eigenvalue weighted by Crippen LogP contribution is 2.39. The van der Waals surface area contributed by atoms with E-state index in [0.717, 1.165) is 64.2 Å². The maximum atomic E-state index is 12.9. The Hall–Kier alpha value is -3.19. The number of aryl methyl sites for hydroxylation is 1. The summed E-state index contributed by atoms with van der Waals surface area (Å²) in [6.07, 6.45) is 12.1. The fourth-order valence-electron chi connectivity index (χ4n) is 5.61. The number of para-hydroxylation sites is 1. The first-order valence-corrected chi connectivity index (χ1v) is 12.8. The minimum absolute atomic E-state index is 0.0581. The van der Waals surface area contributed by atoms with Crippen LogP contribution in [0, 0.1) is 5.41 Å². The standard InChI is InChI=1S/C28H35N5O2/c34-27(25-10-15-30-31-25)33-16-12-28(13-17-33)11-4-3-8-24-7-1-2-9-26(24)35-19-18-32(22-28)21-23-6-5-14-29-20-23/h1-2,5-7,9-10,14-15,20H,3-4,8,11-13,16-19,21-22H2,(H,30,31). The van der Waals surface area contributed by atoms with Gasteiger partial charge in [-0.15, -0.1) is 0 Å². The van der Waals surface area contributed by atoms with Gasteiger partial charge in [0.15, 0.2) is 0 Å². The van der Waals surface area contributed by atoms with Crippen molar-refractivity contribution >= 4 is 5.91 Å². The SMILES string of the molecule is O=C(c1ccn[nH]1)N1CCC2(CCCCc3ccccc3OCCN(Cc3cccnc3)C2)CC1. The fourth-order valence-corrected chi connectivity index (χ4v) is 5.61. The van der Waals surface area contributed by atoms with E-state index >= 15 is 0 Å². The molecule has 1 spiro atoms. The molecule has 7 nitrogen and oxygen atoms in total. The van der Waals surface area contributed by atoms with E-state index in [4.69, 9.17) is 4.74 Å². The molecule has 0 aliphatic carbocycles. The van der Waals surface area contributed by atoms with E-state index in [1.807, 2.05) is 23.4 Å². The van der Waals surface area contributed by atoms with Crippen LogP contribution in [-0.2, 0) is 13.0 Å². The lowest BCUT2D eigenvalue weighted by atomic mass is 9.73. The highest BCUT2D eigenvalue weighted by Gasteiger charge is 2.37. The van der Waals surface area contributed by atoms with E-state index in [9.17, 15) is 4.79 Å². The summed E-state index contributed by atoms with van der Waals surface area (Å²) in [4.78, 5) is 21.7. The molecule has 5 rings (SSSR count). The molecular weight excluding hydrogens is 438 g/mol. The number of ether oxygens (including phenoxy) is 1. The lowest BCUT2D eigenvalue weighted by Crippen LogP contribution is -2.48. The Morgan fingerprint density at radius 3 is 2.69 bits per heavy atom. The van der Waals surface area contributed by atoms with Gasteiger partial charge in [0.25, 0.3) is 5.91 Å². The smallest absolute Gasteiger partial charge is 0.271 e. The molecule has 2 aromatic heterocycles. The molecule has 0 radical (unpaired) electrons. The van der Waals surface area contributed by atoms with Crippen molar-refractivity contribution in [2.45, 2.75) is 45.1 Å². The zero-order valence-corrected chi connectivity index (χ0v) is 20.4. The van der Waals surface area contributed by atoms with Gasteiger partial charge in [0.2, 0.25) is 0 Å². The number of piperidine rings is 1. The third-order valence-corrected chi connectivity index (χ3v) is 7.57. The monoisotopic (exact) mass is 473 g/mol. The van der Waals surface area contributed by atoms with Crippen LogP contribution in [0.4, 0.5) is 0 Å².